The van der Waals surface area contributed by atoms with Gasteiger partial charge in [0.1, 0.15) is 12.4 Å². The van der Waals surface area contributed by atoms with Crippen molar-refractivity contribution in [2.45, 2.75) is 20.5 Å². The highest BCUT2D eigenvalue weighted by molar-refractivity contribution is 5.96. The maximum atomic E-state index is 14.5. The van der Waals surface area contributed by atoms with Crippen LogP contribution in [-0.4, -0.2) is 11.1 Å². The summed E-state index contributed by atoms with van der Waals surface area (Å²) in [5, 5.41) is 11.7. The van der Waals surface area contributed by atoms with Crippen LogP contribution in [0.1, 0.15) is 29.8 Å². The molecule has 0 fully saturated rings. The molecule has 2 N–H and O–H groups in total. The van der Waals surface area contributed by atoms with Gasteiger partial charge in [-0.25, -0.2) is 13.6 Å². The van der Waals surface area contributed by atoms with E-state index in [4.69, 9.17) is 4.74 Å². The van der Waals surface area contributed by atoms with Crippen LogP contribution in [0.15, 0.2) is 60.7 Å². The first-order valence-electron chi connectivity index (χ1n) is 8.91. The molecule has 0 aromatic heterocycles. The number of ether oxygens (including phenoxy) is 1. The molecule has 0 unspecified atom stereocenters. The summed E-state index contributed by atoms with van der Waals surface area (Å²) in [5.41, 5.74) is -0.753. The summed E-state index contributed by atoms with van der Waals surface area (Å²) in [5.74, 6) is -5.64. The number of para-hydroxylation sites is 1. The van der Waals surface area contributed by atoms with E-state index < -0.39 is 40.4 Å². The van der Waals surface area contributed by atoms with Gasteiger partial charge >= 0.3 is 5.97 Å². The number of carboxylic acid groups (broad SMARTS) is 1. The Labute approximate surface area is 166 Å². The Bertz CT molecular complexity index is 979. The Kier molecular flexibility index (Phi) is 7.65. The molecule has 4 nitrogen and oxygen atoms in total. The summed E-state index contributed by atoms with van der Waals surface area (Å²) >= 11 is 0. The molecule has 29 heavy (non-hydrogen) atoms. The standard InChI is InChI=1S/C20H14F3NO3.C2H6/c21-14-8-4-5-9-15(14)24-19-13(20(25)26)10-16(17(22)18(19)23)27-11-12-6-2-1-3-7-12;1-2/h1-10,24H,11H2,(H,25,26);1-2H3. The Morgan fingerprint density at radius 1 is 0.966 bits per heavy atom. The van der Waals surface area contributed by atoms with Crippen molar-refractivity contribution in [3.8, 4) is 5.75 Å². The topological polar surface area (TPSA) is 58.6 Å². The van der Waals surface area contributed by atoms with Gasteiger partial charge in [-0.15, -0.1) is 0 Å². The van der Waals surface area contributed by atoms with Crippen LogP contribution in [-0.2, 0) is 6.61 Å². The zero-order valence-electron chi connectivity index (χ0n) is 15.9. The van der Waals surface area contributed by atoms with Crippen LogP contribution >= 0.6 is 0 Å². The van der Waals surface area contributed by atoms with Gasteiger partial charge in [-0.1, -0.05) is 56.3 Å². The average Bonchev–Trinajstić information content (AvgIpc) is 2.74. The zero-order valence-corrected chi connectivity index (χ0v) is 15.9. The highest BCUT2D eigenvalue weighted by atomic mass is 19.2. The Hall–Kier alpha value is -3.48. The second-order valence-electron chi connectivity index (χ2n) is 5.61. The van der Waals surface area contributed by atoms with Crippen molar-refractivity contribution in [3.05, 3.63) is 89.2 Å². The summed E-state index contributed by atoms with van der Waals surface area (Å²) in [6, 6.07) is 14.9. The van der Waals surface area contributed by atoms with Crippen molar-refractivity contribution in [2.75, 3.05) is 5.32 Å². The molecule has 0 aliphatic heterocycles. The fourth-order valence-electron chi connectivity index (χ4n) is 2.43. The molecule has 7 heteroatoms. The maximum Gasteiger partial charge on any atom is 0.338 e. The molecule has 0 amide bonds. The van der Waals surface area contributed by atoms with Gasteiger partial charge in [0.05, 0.1) is 16.9 Å². The lowest BCUT2D eigenvalue weighted by Gasteiger charge is -2.15. The lowest BCUT2D eigenvalue weighted by Crippen LogP contribution is -2.10. The van der Waals surface area contributed by atoms with Crippen LogP contribution in [0.5, 0.6) is 5.75 Å². The van der Waals surface area contributed by atoms with Gasteiger partial charge in [0.25, 0.3) is 0 Å². The predicted octanol–water partition coefficient (Wildman–Crippen LogP) is 6.15. The summed E-state index contributed by atoms with van der Waals surface area (Å²) < 4.78 is 47.9. The number of nitrogens with one attached hydrogen (secondary N) is 1. The first-order chi connectivity index (χ1) is 14.0. The fraction of sp³-hybridized carbons (Fsp3) is 0.136. The van der Waals surface area contributed by atoms with E-state index >= 15 is 0 Å². The molecule has 3 rings (SSSR count). The second-order valence-corrected chi connectivity index (χ2v) is 5.61. The number of carboxylic acids is 1. The van der Waals surface area contributed by atoms with Crippen molar-refractivity contribution in [3.63, 3.8) is 0 Å². The van der Waals surface area contributed by atoms with Crippen molar-refractivity contribution in [1.82, 2.24) is 0 Å². The van der Waals surface area contributed by atoms with Gasteiger partial charge < -0.3 is 15.2 Å². The third-order valence-corrected chi connectivity index (χ3v) is 3.77. The first-order valence-corrected chi connectivity index (χ1v) is 8.91. The number of hydrogen-bond acceptors (Lipinski definition) is 3. The number of rotatable bonds is 6. The van der Waals surface area contributed by atoms with Gasteiger partial charge in [-0.3, -0.25) is 0 Å². The zero-order chi connectivity index (χ0) is 21.4. The van der Waals surface area contributed by atoms with E-state index in [2.05, 4.69) is 5.32 Å². The van der Waals surface area contributed by atoms with Gasteiger partial charge in [0, 0.05) is 6.07 Å². The van der Waals surface area contributed by atoms with Crippen LogP contribution in [0, 0.1) is 17.5 Å². The van der Waals surface area contributed by atoms with Crippen LogP contribution in [0.4, 0.5) is 24.5 Å². The molecule has 0 bridgehead atoms. The maximum absolute atomic E-state index is 14.5. The highest BCUT2D eigenvalue weighted by Crippen LogP contribution is 2.33. The smallest absolute Gasteiger partial charge is 0.338 e. The lowest BCUT2D eigenvalue weighted by molar-refractivity contribution is 0.0696. The second kappa shape index (κ2) is 10.2. The van der Waals surface area contributed by atoms with E-state index in [1.54, 1.807) is 30.3 Å². The van der Waals surface area contributed by atoms with Gasteiger partial charge in [0.2, 0.25) is 5.82 Å². The molecule has 0 radical (unpaired) electrons. The molecule has 0 aliphatic carbocycles. The van der Waals surface area contributed by atoms with Gasteiger partial charge in [0.15, 0.2) is 11.6 Å². The molecule has 0 atom stereocenters. The van der Waals surface area contributed by atoms with E-state index in [9.17, 15) is 23.1 Å². The number of benzene rings is 3. The number of carbonyl (C=O) groups is 1. The third kappa shape index (κ3) is 5.28. The molecular formula is C22H20F3NO3. The van der Waals surface area contributed by atoms with E-state index in [1.165, 1.54) is 18.2 Å². The number of anilines is 2. The van der Waals surface area contributed by atoms with E-state index in [0.717, 1.165) is 12.1 Å². The predicted molar refractivity (Wildman–Crippen MR) is 105 cm³/mol. The number of aromatic carboxylic acids is 1. The highest BCUT2D eigenvalue weighted by Gasteiger charge is 2.24. The fourth-order valence-corrected chi connectivity index (χ4v) is 2.43. The van der Waals surface area contributed by atoms with Crippen molar-refractivity contribution in [2.24, 2.45) is 0 Å². The van der Waals surface area contributed by atoms with Gasteiger partial charge in [-0.05, 0) is 17.7 Å². The molecule has 0 heterocycles. The number of halogens is 3. The summed E-state index contributed by atoms with van der Waals surface area (Å²) in [6.07, 6.45) is 0. The molecule has 0 saturated carbocycles. The quantitative estimate of drug-likeness (QED) is 0.518. The van der Waals surface area contributed by atoms with Crippen LogP contribution in [0.3, 0.4) is 0 Å². The monoisotopic (exact) mass is 403 g/mol. The minimum atomic E-state index is -1.52. The van der Waals surface area contributed by atoms with Crippen molar-refractivity contribution in [1.29, 1.82) is 0 Å². The van der Waals surface area contributed by atoms with E-state index in [-0.39, 0.29) is 12.3 Å². The third-order valence-electron chi connectivity index (χ3n) is 3.77. The van der Waals surface area contributed by atoms with Gasteiger partial charge in [-0.2, -0.15) is 4.39 Å². The Balaban J connectivity index is 0.00000145. The summed E-state index contributed by atoms with van der Waals surface area (Å²) in [4.78, 5) is 11.5. The minimum Gasteiger partial charge on any atom is -0.486 e. The average molecular weight is 403 g/mol. The molecular weight excluding hydrogens is 383 g/mol. The summed E-state index contributed by atoms with van der Waals surface area (Å²) in [6.45, 7) is 3.93. The molecule has 0 aliphatic rings. The van der Waals surface area contributed by atoms with Crippen molar-refractivity contribution >= 4 is 17.3 Å². The Morgan fingerprint density at radius 2 is 1.59 bits per heavy atom. The number of hydrogen-bond donors (Lipinski definition) is 2. The minimum absolute atomic E-state index is 0.0731. The van der Waals surface area contributed by atoms with E-state index in [0.29, 0.717) is 5.56 Å². The first kappa shape index (κ1) is 21.8. The normalized spacial score (nSPS) is 9.97. The van der Waals surface area contributed by atoms with Crippen LogP contribution in [0.25, 0.3) is 0 Å². The largest absolute Gasteiger partial charge is 0.486 e. The van der Waals surface area contributed by atoms with Crippen molar-refractivity contribution < 1.29 is 27.8 Å². The molecule has 0 saturated heterocycles. The SMILES string of the molecule is CC.O=C(O)c1cc(OCc2ccccc2)c(F)c(F)c1Nc1ccccc1F. The lowest BCUT2D eigenvalue weighted by atomic mass is 10.1. The molecule has 0 spiro atoms. The molecule has 152 valence electrons. The Morgan fingerprint density at radius 3 is 2.21 bits per heavy atom. The van der Waals surface area contributed by atoms with Crippen LogP contribution < -0.4 is 10.1 Å². The van der Waals surface area contributed by atoms with E-state index in [1.807, 2.05) is 13.8 Å². The molecule has 3 aromatic carbocycles. The molecule has 3 aromatic rings. The summed E-state index contributed by atoms with van der Waals surface area (Å²) in [7, 11) is 0. The van der Waals surface area contributed by atoms with Crippen LogP contribution in [0.2, 0.25) is 0 Å².